The summed E-state index contributed by atoms with van der Waals surface area (Å²) in [5.74, 6) is -0.616. The van der Waals surface area contributed by atoms with Crippen molar-refractivity contribution in [1.29, 1.82) is 0 Å². The van der Waals surface area contributed by atoms with Gasteiger partial charge in [-0.2, -0.15) is 13.2 Å². The Balaban J connectivity index is 1.69. The normalized spacial score (nSPS) is 17.4. The van der Waals surface area contributed by atoms with Crippen molar-refractivity contribution in [1.82, 2.24) is 0 Å². The molecule has 1 unspecified atom stereocenters. The van der Waals surface area contributed by atoms with Crippen molar-refractivity contribution in [2.45, 2.75) is 31.9 Å². The largest absolute Gasteiger partial charge is 0.416 e. The number of hydrogen-bond donors (Lipinski definition) is 1. The Bertz CT molecular complexity index is 1060. The fourth-order valence-corrected chi connectivity index (χ4v) is 4.47. The second kappa shape index (κ2) is 7.31. The molecule has 1 amide bonds. The summed E-state index contributed by atoms with van der Waals surface area (Å²) < 4.78 is 39.1. The molecule has 154 valence electrons. The summed E-state index contributed by atoms with van der Waals surface area (Å²) in [6, 6.07) is 20.7. The SMILES string of the molecule is Cc1ccccc1C1(c2ccccc2C)CC1C(=O)Nc1cccc(C(F)(F)F)c1. The third-order valence-electron chi connectivity index (χ3n) is 5.99. The standard InChI is InChI=1S/C25H22F3NO/c1-16-8-3-5-12-20(16)24(21-13-6-4-9-17(21)2)15-22(24)23(30)29-19-11-7-10-18(14-19)25(26,27)28/h3-14,22H,15H2,1-2H3,(H,29,30). The van der Waals surface area contributed by atoms with Crippen LogP contribution in [0.3, 0.4) is 0 Å². The maximum Gasteiger partial charge on any atom is 0.416 e. The number of anilines is 1. The molecule has 0 radical (unpaired) electrons. The van der Waals surface area contributed by atoms with Crippen molar-refractivity contribution in [2.24, 2.45) is 5.92 Å². The Morgan fingerprint density at radius 1 is 0.900 bits per heavy atom. The molecule has 1 atom stereocenters. The summed E-state index contributed by atoms with van der Waals surface area (Å²) in [6.07, 6.45) is -3.83. The summed E-state index contributed by atoms with van der Waals surface area (Å²) in [4.78, 5) is 13.1. The number of amides is 1. The van der Waals surface area contributed by atoms with Crippen LogP contribution < -0.4 is 5.32 Å². The maximum absolute atomic E-state index is 13.1. The van der Waals surface area contributed by atoms with Crippen LogP contribution >= 0.6 is 0 Å². The van der Waals surface area contributed by atoms with Crippen LogP contribution in [0.4, 0.5) is 18.9 Å². The molecule has 1 aliphatic rings. The van der Waals surface area contributed by atoms with Gasteiger partial charge in [0.05, 0.1) is 11.5 Å². The van der Waals surface area contributed by atoms with E-state index in [4.69, 9.17) is 0 Å². The molecule has 0 spiro atoms. The molecule has 4 rings (SSSR count). The van der Waals surface area contributed by atoms with Gasteiger partial charge in [0, 0.05) is 11.1 Å². The predicted octanol–water partition coefficient (Wildman–Crippen LogP) is 6.27. The molecular weight excluding hydrogens is 387 g/mol. The van der Waals surface area contributed by atoms with E-state index in [1.807, 2.05) is 62.4 Å². The number of halogens is 3. The Hall–Kier alpha value is -3.08. The number of carbonyl (C=O) groups excluding carboxylic acids is 1. The minimum absolute atomic E-state index is 0.158. The summed E-state index contributed by atoms with van der Waals surface area (Å²) in [6.45, 7) is 4.05. The highest BCUT2D eigenvalue weighted by atomic mass is 19.4. The Morgan fingerprint density at radius 2 is 1.47 bits per heavy atom. The first-order valence-corrected chi connectivity index (χ1v) is 9.84. The molecule has 3 aromatic carbocycles. The number of carbonyl (C=O) groups is 1. The van der Waals surface area contributed by atoms with Crippen LogP contribution in [-0.2, 0) is 16.4 Å². The molecule has 1 fully saturated rings. The van der Waals surface area contributed by atoms with Crippen LogP contribution in [-0.4, -0.2) is 5.91 Å². The average molecular weight is 409 g/mol. The van der Waals surface area contributed by atoms with Crippen LogP contribution in [0.15, 0.2) is 72.8 Å². The number of benzene rings is 3. The molecule has 0 saturated heterocycles. The summed E-state index contributed by atoms with van der Waals surface area (Å²) in [5, 5.41) is 2.71. The van der Waals surface area contributed by atoms with Gasteiger partial charge in [-0.25, -0.2) is 0 Å². The van der Waals surface area contributed by atoms with Crippen molar-refractivity contribution in [2.75, 3.05) is 5.32 Å². The highest BCUT2D eigenvalue weighted by Crippen LogP contribution is 2.60. The highest BCUT2D eigenvalue weighted by molar-refractivity contribution is 5.97. The Morgan fingerprint density at radius 3 is 2.00 bits per heavy atom. The fraction of sp³-hybridized carbons (Fsp3) is 0.240. The van der Waals surface area contributed by atoms with Crippen molar-refractivity contribution in [3.05, 3.63) is 101 Å². The zero-order valence-corrected chi connectivity index (χ0v) is 16.8. The van der Waals surface area contributed by atoms with Gasteiger partial charge in [0.1, 0.15) is 0 Å². The monoisotopic (exact) mass is 409 g/mol. The van der Waals surface area contributed by atoms with E-state index in [9.17, 15) is 18.0 Å². The van der Waals surface area contributed by atoms with Gasteiger partial charge in [0.25, 0.3) is 0 Å². The number of aryl methyl sites for hydroxylation is 2. The van der Waals surface area contributed by atoms with Crippen LogP contribution in [0.25, 0.3) is 0 Å². The Kier molecular flexibility index (Phi) is 4.92. The van der Waals surface area contributed by atoms with Crippen LogP contribution in [0.5, 0.6) is 0 Å². The summed E-state index contributed by atoms with van der Waals surface area (Å²) in [7, 11) is 0. The maximum atomic E-state index is 13.1. The van der Waals surface area contributed by atoms with Gasteiger partial charge in [0.15, 0.2) is 0 Å². The van der Waals surface area contributed by atoms with Crippen LogP contribution in [0, 0.1) is 19.8 Å². The number of rotatable bonds is 4. The molecule has 30 heavy (non-hydrogen) atoms. The van der Waals surface area contributed by atoms with Crippen LogP contribution in [0.2, 0.25) is 0 Å². The first kappa shape index (κ1) is 20.2. The van der Waals surface area contributed by atoms with E-state index in [-0.39, 0.29) is 17.5 Å². The second-order valence-corrected chi connectivity index (χ2v) is 7.93. The molecule has 0 heterocycles. The van der Waals surface area contributed by atoms with Gasteiger partial charge in [0.2, 0.25) is 5.91 Å². The van der Waals surface area contributed by atoms with Crippen molar-refractivity contribution in [3.63, 3.8) is 0 Å². The third kappa shape index (κ3) is 3.49. The number of hydrogen-bond acceptors (Lipinski definition) is 1. The smallest absolute Gasteiger partial charge is 0.326 e. The lowest BCUT2D eigenvalue weighted by Gasteiger charge is -2.23. The number of alkyl halides is 3. The first-order chi connectivity index (χ1) is 14.2. The van der Waals surface area contributed by atoms with Gasteiger partial charge < -0.3 is 5.32 Å². The third-order valence-corrected chi connectivity index (χ3v) is 5.99. The Labute approximate surface area is 173 Å². The van der Waals surface area contributed by atoms with Crippen molar-refractivity contribution >= 4 is 11.6 Å². The molecule has 1 saturated carbocycles. The summed E-state index contributed by atoms with van der Waals surface area (Å²) in [5.41, 5.74) is 3.27. The molecule has 2 nitrogen and oxygen atoms in total. The number of nitrogens with one attached hydrogen (secondary N) is 1. The molecule has 0 aromatic heterocycles. The topological polar surface area (TPSA) is 29.1 Å². The molecule has 1 aliphatic carbocycles. The highest BCUT2D eigenvalue weighted by Gasteiger charge is 2.61. The molecular formula is C25H22F3NO. The van der Waals surface area contributed by atoms with Crippen molar-refractivity contribution in [3.8, 4) is 0 Å². The zero-order valence-electron chi connectivity index (χ0n) is 16.8. The van der Waals surface area contributed by atoms with E-state index in [1.54, 1.807) is 0 Å². The average Bonchev–Trinajstić information content (AvgIpc) is 3.45. The molecule has 0 aliphatic heterocycles. The second-order valence-electron chi connectivity index (χ2n) is 7.93. The zero-order chi connectivity index (χ0) is 21.5. The van der Waals surface area contributed by atoms with E-state index in [1.165, 1.54) is 12.1 Å². The van der Waals surface area contributed by atoms with E-state index in [2.05, 4.69) is 5.32 Å². The molecule has 0 bridgehead atoms. The lowest BCUT2D eigenvalue weighted by atomic mass is 9.81. The van der Waals surface area contributed by atoms with Crippen molar-refractivity contribution < 1.29 is 18.0 Å². The quantitative estimate of drug-likeness (QED) is 0.541. The molecule has 1 N–H and O–H groups in total. The van der Waals surface area contributed by atoms with Crippen LogP contribution in [0.1, 0.15) is 34.2 Å². The fourth-order valence-electron chi connectivity index (χ4n) is 4.47. The lowest BCUT2D eigenvalue weighted by Crippen LogP contribution is -2.23. The van der Waals surface area contributed by atoms with Gasteiger partial charge in [-0.1, -0.05) is 54.6 Å². The summed E-state index contributed by atoms with van der Waals surface area (Å²) >= 11 is 0. The van der Waals surface area contributed by atoms with Gasteiger partial charge >= 0.3 is 6.18 Å². The molecule has 5 heteroatoms. The van der Waals surface area contributed by atoms with E-state index >= 15 is 0 Å². The first-order valence-electron chi connectivity index (χ1n) is 9.84. The van der Waals surface area contributed by atoms with Gasteiger partial charge in [-0.05, 0) is 60.7 Å². The van der Waals surface area contributed by atoms with E-state index in [0.29, 0.717) is 6.42 Å². The lowest BCUT2D eigenvalue weighted by molar-refractivity contribution is -0.137. The van der Waals surface area contributed by atoms with Gasteiger partial charge in [-0.15, -0.1) is 0 Å². The van der Waals surface area contributed by atoms with Gasteiger partial charge in [-0.3, -0.25) is 4.79 Å². The minimum atomic E-state index is -4.45. The van der Waals surface area contributed by atoms with E-state index < -0.39 is 17.2 Å². The molecule has 3 aromatic rings. The van der Waals surface area contributed by atoms with E-state index in [0.717, 1.165) is 34.4 Å². The predicted molar refractivity (Wildman–Crippen MR) is 111 cm³/mol. The minimum Gasteiger partial charge on any atom is -0.326 e.